The van der Waals surface area contributed by atoms with Crippen molar-refractivity contribution in [1.29, 1.82) is 0 Å². The number of rotatable bonds is 2. The van der Waals surface area contributed by atoms with Crippen molar-refractivity contribution >= 4 is 0 Å². The Kier molecular flexibility index (Phi) is 3.74. The third kappa shape index (κ3) is 2.14. The molecule has 1 aliphatic heterocycles. The summed E-state index contributed by atoms with van der Waals surface area (Å²) < 4.78 is 6.13. The van der Waals surface area contributed by atoms with Crippen molar-refractivity contribution in [2.24, 2.45) is 5.73 Å². The van der Waals surface area contributed by atoms with Gasteiger partial charge in [0.2, 0.25) is 0 Å². The molecule has 1 aromatic rings. The number of H-pyrrole nitrogens is 1. The molecule has 9 heteroatoms. The fraction of sp³-hybridized carbons (Fsp3) is 0.545. The van der Waals surface area contributed by atoms with Crippen molar-refractivity contribution in [1.82, 2.24) is 14.8 Å². The maximum atomic E-state index is 11.7. The second-order valence-electron chi connectivity index (χ2n) is 4.35. The summed E-state index contributed by atoms with van der Waals surface area (Å²) >= 11 is 0. The monoisotopic (exact) mass is 282 g/mol. The Morgan fingerprint density at radius 2 is 2.35 bits per heavy atom. The van der Waals surface area contributed by atoms with Crippen LogP contribution in [0.4, 0.5) is 0 Å². The highest BCUT2D eigenvalue weighted by molar-refractivity contribution is 5.24. The predicted octanol–water partition coefficient (Wildman–Crippen LogP) is -3.10. The Balaban J connectivity index is 2.55. The Morgan fingerprint density at radius 1 is 1.65 bits per heavy atom. The molecule has 0 bridgehead atoms. The maximum absolute atomic E-state index is 11.7. The number of aliphatic hydroxyl groups is 2. The molecule has 4 atom stereocenters. The second-order valence-corrected chi connectivity index (χ2v) is 4.35. The highest BCUT2D eigenvalue weighted by atomic mass is 16.5. The maximum Gasteiger partial charge on any atom is 0.347 e. The van der Waals surface area contributed by atoms with Gasteiger partial charge in [0, 0.05) is 0 Å². The number of nitrogens with one attached hydrogen (secondary N) is 1. The van der Waals surface area contributed by atoms with Gasteiger partial charge in [0.1, 0.15) is 18.4 Å². The van der Waals surface area contributed by atoms with E-state index in [9.17, 15) is 14.7 Å². The van der Waals surface area contributed by atoms with Crippen LogP contribution in [0.3, 0.4) is 0 Å². The molecule has 1 aliphatic rings. The third-order valence-electron chi connectivity index (χ3n) is 3.04. The average Bonchev–Trinajstić information content (AvgIpc) is 2.63. The molecule has 0 aromatic carbocycles. The van der Waals surface area contributed by atoms with Crippen molar-refractivity contribution in [3.8, 4) is 11.8 Å². The summed E-state index contributed by atoms with van der Waals surface area (Å²) in [5.41, 5.74) is 2.86. The Bertz CT molecular complexity index is 672. The van der Waals surface area contributed by atoms with Gasteiger partial charge in [0.15, 0.2) is 11.8 Å². The minimum Gasteiger partial charge on any atom is -0.394 e. The van der Waals surface area contributed by atoms with E-state index in [1.807, 2.05) is 4.98 Å². The first-order chi connectivity index (χ1) is 9.43. The summed E-state index contributed by atoms with van der Waals surface area (Å²) in [6.07, 6.45) is -2.67. The number of hydrogen-bond donors (Lipinski definition) is 4. The molecule has 0 spiro atoms. The molecule has 0 radical (unpaired) electrons. The second kappa shape index (κ2) is 5.18. The van der Waals surface area contributed by atoms with E-state index in [0.717, 1.165) is 10.9 Å². The van der Waals surface area contributed by atoms with Crippen LogP contribution in [0.5, 0.6) is 0 Å². The summed E-state index contributed by atoms with van der Waals surface area (Å²) in [5.74, 6) is 5.12. The standard InChI is InChI=1S/C11H14N4O5/c1-2-3-11(12)8(18)6(5-16)20-9(11)15-10(19)14-7(17)4-13-15/h4,6,8-9,16,18H,5,12H2,1H3,(H,14,17,19)/t6-,8?,9-,11-/m1/s1. The molecule has 9 nitrogen and oxygen atoms in total. The highest BCUT2D eigenvalue weighted by Gasteiger charge is 2.54. The molecule has 1 aromatic heterocycles. The van der Waals surface area contributed by atoms with Crippen LogP contribution >= 0.6 is 0 Å². The summed E-state index contributed by atoms with van der Waals surface area (Å²) in [5, 5.41) is 22.9. The molecule has 20 heavy (non-hydrogen) atoms. The number of aromatic amines is 1. The minimum absolute atomic E-state index is 0.500. The van der Waals surface area contributed by atoms with E-state index in [1.165, 1.54) is 6.92 Å². The lowest BCUT2D eigenvalue weighted by molar-refractivity contribution is -0.0530. The zero-order chi connectivity index (χ0) is 14.9. The number of ether oxygens (including phenoxy) is 1. The number of aliphatic hydroxyl groups excluding tert-OH is 2. The lowest BCUT2D eigenvalue weighted by Crippen LogP contribution is -2.55. The van der Waals surface area contributed by atoms with Crippen LogP contribution in [0, 0.1) is 11.8 Å². The van der Waals surface area contributed by atoms with Gasteiger partial charge in [-0.05, 0) is 6.92 Å². The fourth-order valence-electron chi connectivity index (χ4n) is 2.09. The largest absolute Gasteiger partial charge is 0.394 e. The van der Waals surface area contributed by atoms with Gasteiger partial charge >= 0.3 is 5.69 Å². The van der Waals surface area contributed by atoms with Gasteiger partial charge < -0.3 is 20.7 Å². The van der Waals surface area contributed by atoms with Gasteiger partial charge in [0.05, 0.1) is 6.61 Å². The van der Waals surface area contributed by atoms with E-state index in [0.29, 0.717) is 0 Å². The van der Waals surface area contributed by atoms with Gasteiger partial charge in [-0.25, -0.2) is 4.79 Å². The molecular formula is C11H14N4O5. The quantitative estimate of drug-likeness (QED) is 0.421. The van der Waals surface area contributed by atoms with Crippen molar-refractivity contribution in [2.75, 3.05) is 6.61 Å². The first-order valence-corrected chi connectivity index (χ1v) is 5.79. The van der Waals surface area contributed by atoms with Gasteiger partial charge in [-0.15, -0.1) is 5.92 Å². The molecule has 2 heterocycles. The Morgan fingerprint density at radius 3 is 2.90 bits per heavy atom. The number of nitrogens with two attached hydrogens (primary N) is 1. The van der Waals surface area contributed by atoms with Gasteiger partial charge in [0.25, 0.3) is 5.56 Å². The third-order valence-corrected chi connectivity index (χ3v) is 3.04. The first-order valence-electron chi connectivity index (χ1n) is 5.79. The van der Waals surface area contributed by atoms with E-state index < -0.39 is 41.8 Å². The van der Waals surface area contributed by atoms with E-state index in [4.69, 9.17) is 15.6 Å². The molecule has 0 saturated carbocycles. The number of nitrogens with zero attached hydrogens (tertiary/aromatic N) is 2. The molecule has 2 rings (SSSR count). The van der Waals surface area contributed by atoms with Crippen LogP contribution in [-0.2, 0) is 4.74 Å². The van der Waals surface area contributed by atoms with E-state index in [2.05, 4.69) is 16.9 Å². The lowest BCUT2D eigenvalue weighted by Gasteiger charge is -2.26. The predicted molar refractivity (Wildman–Crippen MR) is 66.5 cm³/mol. The van der Waals surface area contributed by atoms with Gasteiger partial charge in [-0.1, -0.05) is 5.92 Å². The van der Waals surface area contributed by atoms with E-state index in [-0.39, 0.29) is 0 Å². The van der Waals surface area contributed by atoms with Crippen molar-refractivity contribution in [2.45, 2.75) is 30.9 Å². The van der Waals surface area contributed by atoms with Gasteiger partial charge in [-0.3, -0.25) is 9.78 Å². The van der Waals surface area contributed by atoms with Crippen LogP contribution < -0.4 is 17.0 Å². The summed E-state index contributed by atoms with van der Waals surface area (Å²) in [6, 6.07) is 0. The minimum atomic E-state index is -1.63. The zero-order valence-electron chi connectivity index (χ0n) is 10.6. The zero-order valence-corrected chi connectivity index (χ0v) is 10.6. The van der Waals surface area contributed by atoms with Crippen LogP contribution in [0.25, 0.3) is 0 Å². The fourth-order valence-corrected chi connectivity index (χ4v) is 2.09. The molecule has 1 unspecified atom stereocenters. The van der Waals surface area contributed by atoms with Crippen LogP contribution in [0.2, 0.25) is 0 Å². The van der Waals surface area contributed by atoms with Crippen LogP contribution in [-0.4, -0.2) is 49.3 Å². The summed E-state index contributed by atoms with van der Waals surface area (Å²) in [4.78, 5) is 24.8. The van der Waals surface area contributed by atoms with Crippen molar-refractivity contribution < 1.29 is 14.9 Å². The Labute approximate surface area is 113 Å². The SMILES string of the molecule is CC#C[C@@]1(N)C(O)[C@@H](CO)O[C@H]1n1ncc(=O)[nH]c1=O. The van der Waals surface area contributed by atoms with Crippen LogP contribution in [0.1, 0.15) is 13.2 Å². The Hall–Kier alpha value is -1.99. The summed E-state index contributed by atoms with van der Waals surface area (Å²) in [7, 11) is 0. The molecule has 0 amide bonds. The van der Waals surface area contributed by atoms with Gasteiger partial charge in [-0.2, -0.15) is 9.78 Å². The lowest BCUT2D eigenvalue weighted by atomic mass is 9.92. The van der Waals surface area contributed by atoms with Crippen molar-refractivity contribution in [3.63, 3.8) is 0 Å². The van der Waals surface area contributed by atoms with E-state index in [1.54, 1.807) is 0 Å². The molecular weight excluding hydrogens is 268 g/mol. The van der Waals surface area contributed by atoms with Crippen molar-refractivity contribution in [3.05, 3.63) is 27.0 Å². The smallest absolute Gasteiger partial charge is 0.347 e. The molecule has 5 N–H and O–H groups in total. The number of aromatic nitrogens is 3. The van der Waals surface area contributed by atoms with E-state index >= 15 is 0 Å². The van der Waals surface area contributed by atoms with Crippen LogP contribution in [0.15, 0.2) is 15.8 Å². The molecule has 0 aliphatic carbocycles. The first kappa shape index (κ1) is 14.4. The molecule has 1 fully saturated rings. The molecule has 108 valence electrons. The average molecular weight is 282 g/mol. The topological polar surface area (TPSA) is 143 Å². The normalized spacial score (nSPS) is 32.7. The highest BCUT2D eigenvalue weighted by Crippen LogP contribution is 2.34. The number of hydrogen-bond acceptors (Lipinski definition) is 7. The summed E-state index contributed by atoms with van der Waals surface area (Å²) in [6.45, 7) is 1.01. The molecule has 1 saturated heterocycles.